The van der Waals surface area contributed by atoms with Gasteiger partial charge in [-0.3, -0.25) is 5.43 Å². The van der Waals surface area contributed by atoms with Gasteiger partial charge in [0.2, 0.25) is 0 Å². The van der Waals surface area contributed by atoms with Crippen LogP contribution in [-0.2, 0) is 0 Å². The van der Waals surface area contributed by atoms with E-state index < -0.39 is 0 Å². The molecule has 2 rings (SSSR count). The van der Waals surface area contributed by atoms with Crippen LogP contribution < -0.4 is 10.2 Å². The summed E-state index contributed by atoms with van der Waals surface area (Å²) in [4.78, 5) is 0. The van der Waals surface area contributed by atoms with Gasteiger partial charge in [-0.25, -0.2) is 0 Å². The van der Waals surface area contributed by atoms with Crippen molar-refractivity contribution in [3.05, 3.63) is 53.1 Å². The molecule has 2 aromatic carbocycles. The van der Waals surface area contributed by atoms with Crippen molar-refractivity contribution in [1.29, 1.82) is 0 Å². The highest BCUT2D eigenvalue weighted by molar-refractivity contribution is 6.31. The lowest BCUT2D eigenvalue weighted by atomic mass is 10.2. The fourth-order valence-corrected chi connectivity index (χ4v) is 1.75. The van der Waals surface area contributed by atoms with E-state index in [0.717, 1.165) is 5.69 Å². The van der Waals surface area contributed by atoms with Crippen LogP contribution in [0.25, 0.3) is 0 Å². The number of hydrazone groups is 1. The first-order chi connectivity index (χ1) is 9.20. The van der Waals surface area contributed by atoms with E-state index in [1.54, 1.807) is 12.1 Å². The molecule has 0 fully saturated rings. The van der Waals surface area contributed by atoms with E-state index in [4.69, 9.17) is 16.3 Å². The molecular weight excluding hydrogens is 264 g/mol. The maximum atomic E-state index is 9.91. The second-order valence-corrected chi connectivity index (χ2v) is 4.22. The Bertz CT molecular complexity index is 585. The monoisotopic (exact) mass is 276 g/mol. The summed E-state index contributed by atoms with van der Waals surface area (Å²) in [5, 5.41) is 14.4. The number of hydrogen-bond donors (Lipinski definition) is 2. The van der Waals surface area contributed by atoms with Gasteiger partial charge in [-0.05, 0) is 18.2 Å². The number of halogens is 1. The molecule has 0 bridgehead atoms. The molecule has 0 aliphatic carbocycles. The Kier molecular flexibility index (Phi) is 4.26. The molecule has 5 heteroatoms. The summed E-state index contributed by atoms with van der Waals surface area (Å²) in [6.07, 6.45) is 1.48. The number of phenolic OH excluding ortho intramolecular Hbond substituents is 1. The summed E-state index contributed by atoms with van der Waals surface area (Å²) >= 11 is 5.92. The summed E-state index contributed by atoms with van der Waals surface area (Å²) in [7, 11) is 1.47. The molecule has 0 aromatic heterocycles. The van der Waals surface area contributed by atoms with Crippen molar-refractivity contribution < 1.29 is 9.84 Å². The van der Waals surface area contributed by atoms with Crippen molar-refractivity contribution in [2.45, 2.75) is 0 Å². The number of nitrogens with zero attached hydrogens (tertiary/aromatic N) is 1. The highest BCUT2D eigenvalue weighted by atomic mass is 35.5. The number of rotatable bonds is 4. The second kappa shape index (κ2) is 6.11. The molecule has 0 spiro atoms. The van der Waals surface area contributed by atoms with Crippen LogP contribution in [0, 0.1) is 0 Å². The van der Waals surface area contributed by atoms with Gasteiger partial charge >= 0.3 is 0 Å². The number of nitrogens with one attached hydrogen (secondary N) is 1. The number of phenols is 1. The lowest BCUT2D eigenvalue weighted by Crippen LogP contribution is -1.92. The predicted molar refractivity (Wildman–Crippen MR) is 77.3 cm³/mol. The van der Waals surface area contributed by atoms with E-state index in [1.165, 1.54) is 13.3 Å². The molecule has 0 heterocycles. The Morgan fingerprint density at radius 2 is 2.00 bits per heavy atom. The fourth-order valence-electron chi connectivity index (χ4n) is 1.54. The van der Waals surface area contributed by atoms with Gasteiger partial charge in [0.15, 0.2) is 11.5 Å². The van der Waals surface area contributed by atoms with Gasteiger partial charge in [0.1, 0.15) is 0 Å². The molecule has 0 radical (unpaired) electrons. The summed E-state index contributed by atoms with van der Waals surface area (Å²) in [5.74, 6) is 0.319. The summed E-state index contributed by atoms with van der Waals surface area (Å²) in [6.45, 7) is 0. The van der Waals surface area contributed by atoms with Gasteiger partial charge in [-0.15, -0.1) is 0 Å². The largest absolute Gasteiger partial charge is 0.504 e. The molecule has 0 aliphatic rings. The van der Waals surface area contributed by atoms with E-state index in [1.807, 2.05) is 30.3 Å². The van der Waals surface area contributed by atoms with Crippen molar-refractivity contribution >= 4 is 23.5 Å². The average molecular weight is 277 g/mol. The van der Waals surface area contributed by atoms with Crippen molar-refractivity contribution in [2.75, 3.05) is 12.5 Å². The lowest BCUT2D eigenvalue weighted by molar-refractivity contribution is 0.373. The second-order valence-electron chi connectivity index (χ2n) is 3.78. The topological polar surface area (TPSA) is 53.8 Å². The van der Waals surface area contributed by atoms with Crippen LogP contribution >= 0.6 is 11.6 Å². The van der Waals surface area contributed by atoms with E-state index in [9.17, 15) is 5.11 Å². The number of aromatic hydroxyl groups is 1. The first-order valence-corrected chi connectivity index (χ1v) is 5.99. The third kappa shape index (κ3) is 3.39. The molecule has 4 nitrogen and oxygen atoms in total. The molecule has 0 saturated heterocycles. The molecule has 2 aromatic rings. The molecule has 0 atom stereocenters. The van der Waals surface area contributed by atoms with Gasteiger partial charge < -0.3 is 9.84 Å². The highest BCUT2D eigenvalue weighted by Gasteiger charge is 2.08. The van der Waals surface area contributed by atoms with Crippen LogP contribution in [-0.4, -0.2) is 18.4 Å². The average Bonchev–Trinajstić information content (AvgIpc) is 2.43. The van der Waals surface area contributed by atoms with Crippen molar-refractivity contribution in [3.63, 3.8) is 0 Å². The molecule has 19 heavy (non-hydrogen) atoms. The summed E-state index contributed by atoms with van der Waals surface area (Å²) in [6, 6.07) is 12.6. The van der Waals surface area contributed by atoms with E-state index >= 15 is 0 Å². The standard InChI is InChI=1S/C14H13ClN2O2/c1-19-13-8-11(15)7-10(14(13)18)9-16-17-12-5-3-2-4-6-12/h2-9,17-18H,1H3/b16-9-. The van der Waals surface area contributed by atoms with Gasteiger partial charge in [-0.2, -0.15) is 5.10 Å². The Labute approximate surface area is 116 Å². The van der Waals surface area contributed by atoms with Crippen LogP contribution in [0.15, 0.2) is 47.6 Å². The van der Waals surface area contributed by atoms with Crippen molar-refractivity contribution in [1.82, 2.24) is 0 Å². The van der Waals surface area contributed by atoms with E-state index in [2.05, 4.69) is 10.5 Å². The molecule has 0 aliphatic heterocycles. The molecule has 0 saturated carbocycles. The quantitative estimate of drug-likeness (QED) is 0.664. The number of anilines is 1. The first kappa shape index (κ1) is 13.2. The van der Waals surface area contributed by atoms with Gasteiger partial charge in [0, 0.05) is 16.7 Å². The van der Waals surface area contributed by atoms with E-state index in [-0.39, 0.29) is 5.75 Å². The number of ether oxygens (including phenoxy) is 1. The third-order valence-corrected chi connectivity index (χ3v) is 2.68. The molecule has 0 amide bonds. The van der Waals surface area contributed by atoms with Crippen LogP contribution in [0.3, 0.4) is 0 Å². The highest BCUT2D eigenvalue weighted by Crippen LogP contribution is 2.32. The third-order valence-electron chi connectivity index (χ3n) is 2.46. The van der Waals surface area contributed by atoms with Crippen LogP contribution in [0.2, 0.25) is 5.02 Å². The smallest absolute Gasteiger partial charge is 0.166 e. The predicted octanol–water partition coefficient (Wildman–Crippen LogP) is 3.50. The zero-order chi connectivity index (χ0) is 13.7. The zero-order valence-corrected chi connectivity index (χ0v) is 11.1. The summed E-state index contributed by atoms with van der Waals surface area (Å²) < 4.78 is 5.01. The zero-order valence-electron chi connectivity index (χ0n) is 10.3. The lowest BCUT2D eigenvalue weighted by Gasteiger charge is -2.06. The fraction of sp³-hybridized carbons (Fsp3) is 0.0714. The Balaban J connectivity index is 2.17. The Hall–Kier alpha value is -2.20. The maximum absolute atomic E-state index is 9.91. The number of benzene rings is 2. The Morgan fingerprint density at radius 1 is 1.26 bits per heavy atom. The number of methoxy groups -OCH3 is 1. The van der Waals surface area contributed by atoms with Gasteiger partial charge in [-0.1, -0.05) is 29.8 Å². The molecule has 0 unspecified atom stereocenters. The number of para-hydroxylation sites is 1. The molecule has 98 valence electrons. The Morgan fingerprint density at radius 3 is 2.68 bits per heavy atom. The number of hydrogen-bond acceptors (Lipinski definition) is 4. The minimum atomic E-state index is 0.00510. The van der Waals surface area contributed by atoms with Gasteiger partial charge in [0.25, 0.3) is 0 Å². The molecular formula is C14H13ClN2O2. The SMILES string of the molecule is COc1cc(Cl)cc(/C=N\Nc2ccccc2)c1O. The minimum absolute atomic E-state index is 0.00510. The molecule has 2 N–H and O–H groups in total. The van der Waals surface area contributed by atoms with E-state index in [0.29, 0.717) is 16.3 Å². The first-order valence-electron chi connectivity index (χ1n) is 5.61. The van der Waals surface area contributed by atoms with Crippen LogP contribution in [0.1, 0.15) is 5.56 Å². The van der Waals surface area contributed by atoms with Crippen molar-refractivity contribution in [2.24, 2.45) is 5.10 Å². The van der Waals surface area contributed by atoms with Crippen molar-refractivity contribution in [3.8, 4) is 11.5 Å². The van der Waals surface area contributed by atoms with Gasteiger partial charge in [0.05, 0.1) is 19.0 Å². The summed E-state index contributed by atoms with van der Waals surface area (Å²) in [5.41, 5.74) is 4.19. The maximum Gasteiger partial charge on any atom is 0.166 e. The van der Waals surface area contributed by atoms with Crippen LogP contribution in [0.5, 0.6) is 11.5 Å². The minimum Gasteiger partial charge on any atom is -0.504 e. The van der Waals surface area contributed by atoms with Crippen LogP contribution in [0.4, 0.5) is 5.69 Å². The normalized spacial score (nSPS) is 10.6.